The van der Waals surface area contributed by atoms with Crippen molar-refractivity contribution in [2.45, 2.75) is 0 Å². The minimum atomic E-state index is -0.763. The number of aromatic nitrogens is 3. The number of aromatic hydroxyl groups is 1. The molecule has 1 amide bonds. The number of carbonyl (C=O) groups excluding carboxylic acids is 1. The average Bonchev–Trinajstić information content (AvgIpc) is 2.99. The zero-order valence-electron chi connectivity index (χ0n) is 22.4. The number of hydrogen-bond acceptors (Lipinski definition) is 9. The fourth-order valence-corrected chi connectivity index (χ4v) is 4.18. The van der Waals surface area contributed by atoms with Crippen LogP contribution in [0.3, 0.4) is 0 Å². The van der Waals surface area contributed by atoms with Gasteiger partial charge in [0.2, 0.25) is 5.43 Å². The third-order valence-electron chi connectivity index (χ3n) is 6.26. The Balaban J connectivity index is 1.31. The Labute approximate surface area is 242 Å². The molecule has 0 bridgehead atoms. The van der Waals surface area contributed by atoms with Crippen molar-refractivity contribution < 1.29 is 33.3 Å². The molecule has 5 aromatic rings. The van der Waals surface area contributed by atoms with Gasteiger partial charge in [0.25, 0.3) is 5.91 Å². The number of carbonyl (C=O) groups is 1. The molecule has 0 unspecified atom stereocenters. The summed E-state index contributed by atoms with van der Waals surface area (Å²) in [6, 6.07) is 12.0. The fraction of sp³-hybridized carbons (Fsp3) is 0.133. The Morgan fingerprint density at radius 3 is 2.56 bits per heavy atom. The summed E-state index contributed by atoms with van der Waals surface area (Å²) < 4.78 is 39.0. The topological polar surface area (TPSA) is 159 Å². The van der Waals surface area contributed by atoms with Crippen LogP contribution < -0.4 is 20.8 Å². The van der Waals surface area contributed by atoms with Gasteiger partial charge in [-0.3, -0.25) is 9.59 Å². The minimum Gasteiger partial charge on any atom is -0.504 e. The molecule has 11 nitrogen and oxygen atoms in total. The van der Waals surface area contributed by atoms with Crippen LogP contribution in [0.1, 0.15) is 10.4 Å². The summed E-state index contributed by atoms with van der Waals surface area (Å²) in [5, 5.41) is 25.0. The molecule has 5 N–H and O–H groups in total. The molecule has 0 radical (unpaired) electrons. The van der Waals surface area contributed by atoms with Gasteiger partial charge in [0.05, 0.1) is 31.0 Å². The first-order valence-corrected chi connectivity index (χ1v) is 13.0. The second kappa shape index (κ2) is 13.1. The van der Waals surface area contributed by atoms with E-state index < -0.39 is 23.0 Å². The number of fused-ring (bicyclic) bond motifs is 1. The van der Waals surface area contributed by atoms with E-state index in [1.54, 1.807) is 0 Å². The number of nitrogens with zero attached hydrogens (tertiary/aromatic N) is 2. The van der Waals surface area contributed by atoms with E-state index in [9.17, 15) is 19.1 Å². The maximum atomic E-state index is 15.1. The largest absolute Gasteiger partial charge is 0.504 e. The van der Waals surface area contributed by atoms with Gasteiger partial charge in [-0.2, -0.15) is 0 Å². The number of amides is 1. The summed E-state index contributed by atoms with van der Waals surface area (Å²) in [5.74, 6) is -1.77. The minimum absolute atomic E-state index is 0.0231. The van der Waals surface area contributed by atoms with Gasteiger partial charge in [-0.15, -0.1) is 0 Å². The molecule has 0 saturated heterocycles. The zero-order chi connectivity index (χ0) is 30.3. The molecule has 0 aliphatic carbocycles. The molecule has 0 spiro atoms. The van der Waals surface area contributed by atoms with Crippen LogP contribution in [-0.4, -0.2) is 57.5 Å². The summed E-state index contributed by atoms with van der Waals surface area (Å²) >= 11 is 0. The molecule has 0 atom stereocenters. The third kappa shape index (κ3) is 6.74. The Kier molecular flexibility index (Phi) is 8.84. The molecule has 3 aromatic carbocycles. The van der Waals surface area contributed by atoms with Crippen molar-refractivity contribution in [3.63, 3.8) is 0 Å². The van der Waals surface area contributed by atoms with E-state index in [2.05, 4.69) is 25.6 Å². The number of phenolic OH excluding ortho intramolecular Hbond substituents is 1. The molecule has 43 heavy (non-hydrogen) atoms. The van der Waals surface area contributed by atoms with Crippen molar-refractivity contribution in [3.8, 4) is 22.6 Å². The van der Waals surface area contributed by atoms with Gasteiger partial charge >= 0.3 is 0 Å². The molecular weight excluding hydrogens is 564 g/mol. The van der Waals surface area contributed by atoms with Gasteiger partial charge in [0, 0.05) is 35.1 Å². The number of ether oxygens (including phenoxy) is 2. The quantitative estimate of drug-likeness (QED) is 0.141. The zero-order valence-corrected chi connectivity index (χ0v) is 22.4. The van der Waals surface area contributed by atoms with Crippen LogP contribution in [0, 0.1) is 11.6 Å². The molecule has 2 heterocycles. The van der Waals surface area contributed by atoms with Gasteiger partial charge in [-0.1, -0.05) is 12.1 Å². The lowest BCUT2D eigenvalue weighted by Crippen LogP contribution is -2.22. The standard InChI is InChI=1S/C30H25F2N5O6/c31-18-3-1-17(2-4-18)21-14-33-15-22(28(21)40)30(41)36-19-5-6-24(23(32)11-19)37-29-20-12-26(39)27(13-25(20)34-16-35-29)43-10-9-42-8-7-38/h1-6,11-16,38-39H,7-10H2,(H,33,40)(H,36,41)(H,34,35,37). The van der Waals surface area contributed by atoms with Crippen molar-refractivity contribution in [2.75, 3.05) is 37.1 Å². The number of rotatable bonds is 11. The summed E-state index contributed by atoms with van der Waals surface area (Å²) in [6.07, 6.45) is 3.90. The number of benzene rings is 3. The van der Waals surface area contributed by atoms with Gasteiger partial charge in [0.1, 0.15) is 35.9 Å². The Bertz CT molecular complexity index is 1830. The van der Waals surface area contributed by atoms with E-state index in [-0.39, 0.29) is 66.2 Å². The summed E-state index contributed by atoms with van der Waals surface area (Å²) in [4.78, 5) is 36.9. The number of anilines is 3. The maximum absolute atomic E-state index is 15.1. The summed E-state index contributed by atoms with van der Waals surface area (Å²) in [5.41, 5.74) is 0.342. The Hall–Kier alpha value is -5.40. The van der Waals surface area contributed by atoms with E-state index in [1.807, 2.05) is 0 Å². The van der Waals surface area contributed by atoms with Crippen molar-refractivity contribution in [1.29, 1.82) is 0 Å². The predicted octanol–water partition coefficient (Wildman–Crippen LogP) is 4.35. The highest BCUT2D eigenvalue weighted by atomic mass is 19.1. The van der Waals surface area contributed by atoms with E-state index in [0.717, 1.165) is 6.07 Å². The molecule has 5 rings (SSSR count). The smallest absolute Gasteiger partial charge is 0.261 e. The Morgan fingerprint density at radius 2 is 1.79 bits per heavy atom. The molecule has 0 fully saturated rings. The van der Waals surface area contributed by atoms with Crippen molar-refractivity contribution in [3.05, 3.63) is 101 Å². The number of halogens is 2. The van der Waals surface area contributed by atoms with Crippen molar-refractivity contribution >= 4 is 34.0 Å². The van der Waals surface area contributed by atoms with Crippen LogP contribution in [0.2, 0.25) is 0 Å². The number of pyridine rings is 1. The van der Waals surface area contributed by atoms with Crippen LogP contribution in [-0.2, 0) is 4.74 Å². The number of aromatic amines is 1. The number of nitrogens with one attached hydrogen (secondary N) is 3. The lowest BCUT2D eigenvalue weighted by atomic mass is 10.0. The highest BCUT2D eigenvalue weighted by molar-refractivity contribution is 6.04. The first-order valence-electron chi connectivity index (χ1n) is 13.0. The van der Waals surface area contributed by atoms with Crippen molar-refractivity contribution in [1.82, 2.24) is 15.0 Å². The average molecular weight is 590 g/mol. The number of hydrogen-bond donors (Lipinski definition) is 5. The molecule has 0 aliphatic rings. The highest BCUT2D eigenvalue weighted by Gasteiger charge is 2.17. The molecule has 2 aromatic heterocycles. The highest BCUT2D eigenvalue weighted by Crippen LogP contribution is 2.34. The molecule has 13 heteroatoms. The van der Waals surface area contributed by atoms with Gasteiger partial charge in [-0.05, 0) is 42.0 Å². The van der Waals surface area contributed by atoms with Gasteiger partial charge < -0.3 is 35.3 Å². The van der Waals surface area contributed by atoms with E-state index in [0.29, 0.717) is 16.5 Å². The number of aliphatic hydroxyl groups is 1. The molecule has 0 aliphatic heterocycles. The number of H-pyrrole nitrogens is 1. The lowest BCUT2D eigenvalue weighted by Gasteiger charge is -2.13. The van der Waals surface area contributed by atoms with Crippen LogP contribution >= 0.6 is 0 Å². The first-order chi connectivity index (χ1) is 20.8. The van der Waals surface area contributed by atoms with Gasteiger partial charge in [0.15, 0.2) is 11.5 Å². The van der Waals surface area contributed by atoms with Crippen LogP contribution in [0.4, 0.5) is 26.0 Å². The third-order valence-corrected chi connectivity index (χ3v) is 6.26. The second-order valence-electron chi connectivity index (χ2n) is 9.14. The summed E-state index contributed by atoms with van der Waals surface area (Å²) in [6.45, 7) is 0.411. The predicted molar refractivity (Wildman–Crippen MR) is 155 cm³/mol. The first kappa shape index (κ1) is 29.1. The number of aliphatic hydroxyl groups excluding tert-OH is 1. The monoisotopic (exact) mass is 589 g/mol. The van der Waals surface area contributed by atoms with Gasteiger partial charge in [-0.25, -0.2) is 18.7 Å². The Morgan fingerprint density at radius 1 is 0.977 bits per heavy atom. The molecular formula is C30H25F2N5O6. The van der Waals surface area contributed by atoms with E-state index in [1.165, 1.54) is 67.3 Å². The van der Waals surface area contributed by atoms with E-state index >= 15 is 4.39 Å². The molecule has 0 saturated carbocycles. The second-order valence-corrected chi connectivity index (χ2v) is 9.14. The maximum Gasteiger partial charge on any atom is 0.261 e. The van der Waals surface area contributed by atoms with E-state index in [4.69, 9.17) is 14.6 Å². The number of phenols is 1. The lowest BCUT2D eigenvalue weighted by molar-refractivity contribution is 0.0699. The normalized spacial score (nSPS) is 11.0. The fourth-order valence-electron chi connectivity index (χ4n) is 4.18. The molecule has 220 valence electrons. The van der Waals surface area contributed by atoms with Crippen LogP contribution in [0.5, 0.6) is 11.5 Å². The van der Waals surface area contributed by atoms with Crippen LogP contribution in [0.15, 0.2) is 78.1 Å². The van der Waals surface area contributed by atoms with Crippen molar-refractivity contribution in [2.24, 2.45) is 0 Å². The van der Waals surface area contributed by atoms with Crippen LogP contribution in [0.25, 0.3) is 22.0 Å². The SMILES string of the molecule is O=C(Nc1ccc(Nc2ncnc3cc(OCCOCCO)c(O)cc23)c(F)c1)c1c[nH]cc(-c2ccc(F)cc2)c1=O. The summed E-state index contributed by atoms with van der Waals surface area (Å²) in [7, 11) is 0.